The van der Waals surface area contributed by atoms with Gasteiger partial charge in [0, 0.05) is 32.7 Å². The van der Waals surface area contributed by atoms with E-state index in [1.54, 1.807) is 0 Å². The van der Waals surface area contributed by atoms with Gasteiger partial charge in [0.25, 0.3) is 0 Å². The van der Waals surface area contributed by atoms with Crippen LogP contribution in [-0.2, 0) is 0 Å². The molecule has 2 bridgehead atoms. The Kier molecular flexibility index (Phi) is 2.57. The first-order valence-electron chi connectivity index (χ1n) is 6.40. The first kappa shape index (κ1) is 9.86. The lowest BCUT2D eigenvalue weighted by Gasteiger charge is -2.35. The van der Waals surface area contributed by atoms with E-state index in [-0.39, 0.29) is 0 Å². The van der Waals surface area contributed by atoms with Gasteiger partial charge in [-0.05, 0) is 37.6 Å². The van der Waals surface area contributed by atoms with Gasteiger partial charge < -0.3 is 9.80 Å². The zero-order chi connectivity index (χ0) is 10.3. The van der Waals surface area contributed by atoms with E-state index in [1.807, 2.05) is 0 Å². The van der Waals surface area contributed by atoms with Crippen LogP contribution < -0.4 is 0 Å². The third kappa shape index (κ3) is 1.98. The summed E-state index contributed by atoms with van der Waals surface area (Å²) in [7, 11) is 2.23. The van der Waals surface area contributed by atoms with Crippen LogP contribution in [0.1, 0.15) is 12.8 Å². The Bertz CT molecular complexity index is 253. The van der Waals surface area contributed by atoms with Crippen LogP contribution in [0.25, 0.3) is 0 Å². The molecular formula is C13H22N2. The molecule has 84 valence electrons. The van der Waals surface area contributed by atoms with Gasteiger partial charge in [-0.3, -0.25) is 0 Å². The molecular weight excluding hydrogens is 184 g/mol. The molecule has 0 aromatic carbocycles. The number of piperazine rings is 1. The largest absolute Gasteiger partial charge is 0.304 e. The van der Waals surface area contributed by atoms with Gasteiger partial charge >= 0.3 is 0 Å². The van der Waals surface area contributed by atoms with E-state index in [9.17, 15) is 0 Å². The van der Waals surface area contributed by atoms with Crippen LogP contribution in [0, 0.1) is 17.8 Å². The Morgan fingerprint density at radius 1 is 1.07 bits per heavy atom. The number of likely N-dealkylation sites (N-methyl/N-ethyl adjacent to an activating group) is 1. The van der Waals surface area contributed by atoms with Crippen LogP contribution >= 0.6 is 0 Å². The second-order valence-corrected chi connectivity index (χ2v) is 5.64. The minimum atomic E-state index is 0.926. The molecule has 3 unspecified atom stereocenters. The zero-order valence-corrected chi connectivity index (χ0v) is 9.73. The maximum atomic E-state index is 2.68. The van der Waals surface area contributed by atoms with E-state index in [4.69, 9.17) is 0 Å². The second-order valence-electron chi connectivity index (χ2n) is 5.64. The fraction of sp³-hybridized carbons (Fsp3) is 0.846. The molecule has 0 N–H and O–H groups in total. The average Bonchev–Trinajstić information content (AvgIpc) is 2.83. The van der Waals surface area contributed by atoms with Crippen LogP contribution in [0.5, 0.6) is 0 Å². The minimum Gasteiger partial charge on any atom is -0.304 e. The molecule has 2 aliphatic carbocycles. The van der Waals surface area contributed by atoms with Crippen LogP contribution in [0.4, 0.5) is 0 Å². The maximum Gasteiger partial charge on any atom is 0.0110 e. The predicted octanol–water partition coefficient (Wildman–Crippen LogP) is 1.45. The van der Waals surface area contributed by atoms with Crippen molar-refractivity contribution >= 4 is 0 Å². The SMILES string of the molecule is CN1CCN(CC2CC3C=CC2C3)CC1. The number of rotatable bonds is 2. The van der Waals surface area contributed by atoms with Gasteiger partial charge in [0.1, 0.15) is 0 Å². The molecule has 1 heterocycles. The Labute approximate surface area is 92.9 Å². The van der Waals surface area contributed by atoms with E-state index < -0.39 is 0 Å². The fourth-order valence-corrected chi connectivity index (χ4v) is 3.47. The molecule has 0 aromatic heterocycles. The lowest BCUT2D eigenvalue weighted by Crippen LogP contribution is -2.46. The summed E-state index contributed by atoms with van der Waals surface area (Å²) >= 11 is 0. The van der Waals surface area contributed by atoms with Crippen molar-refractivity contribution in [2.24, 2.45) is 17.8 Å². The van der Waals surface area contributed by atoms with Crippen molar-refractivity contribution in [1.29, 1.82) is 0 Å². The highest BCUT2D eigenvalue weighted by molar-refractivity contribution is 5.10. The summed E-state index contributed by atoms with van der Waals surface area (Å²) in [5.41, 5.74) is 0. The molecule has 1 saturated carbocycles. The van der Waals surface area contributed by atoms with E-state index in [0.717, 1.165) is 17.8 Å². The first-order valence-corrected chi connectivity index (χ1v) is 6.40. The fourth-order valence-electron chi connectivity index (χ4n) is 3.47. The summed E-state index contributed by atoms with van der Waals surface area (Å²) in [6, 6.07) is 0. The molecule has 2 fully saturated rings. The van der Waals surface area contributed by atoms with Crippen LogP contribution in [-0.4, -0.2) is 49.6 Å². The Balaban J connectivity index is 1.51. The average molecular weight is 206 g/mol. The predicted molar refractivity (Wildman–Crippen MR) is 62.8 cm³/mol. The first-order chi connectivity index (χ1) is 7.31. The van der Waals surface area contributed by atoms with Gasteiger partial charge in [0.05, 0.1) is 0 Å². The van der Waals surface area contributed by atoms with Gasteiger partial charge in [-0.1, -0.05) is 12.2 Å². The van der Waals surface area contributed by atoms with Crippen molar-refractivity contribution in [2.45, 2.75) is 12.8 Å². The number of nitrogens with zero attached hydrogens (tertiary/aromatic N) is 2. The van der Waals surface area contributed by atoms with Crippen molar-refractivity contribution < 1.29 is 0 Å². The summed E-state index contributed by atoms with van der Waals surface area (Å²) in [6.07, 6.45) is 7.85. The van der Waals surface area contributed by atoms with Gasteiger partial charge in [-0.15, -0.1) is 0 Å². The molecule has 0 aromatic rings. The highest BCUT2D eigenvalue weighted by atomic mass is 15.2. The van der Waals surface area contributed by atoms with Crippen molar-refractivity contribution in [2.75, 3.05) is 39.8 Å². The van der Waals surface area contributed by atoms with Crippen molar-refractivity contribution in [3.8, 4) is 0 Å². The van der Waals surface area contributed by atoms with E-state index >= 15 is 0 Å². The van der Waals surface area contributed by atoms with Crippen LogP contribution in [0.3, 0.4) is 0 Å². The number of hydrogen-bond donors (Lipinski definition) is 0. The lowest BCUT2D eigenvalue weighted by molar-refractivity contribution is 0.130. The normalized spacial score (nSPS) is 41.5. The van der Waals surface area contributed by atoms with Crippen molar-refractivity contribution in [3.05, 3.63) is 12.2 Å². The molecule has 0 spiro atoms. The van der Waals surface area contributed by atoms with Crippen molar-refractivity contribution in [1.82, 2.24) is 9.80 Å². The highest BCUT2D eigenvalue weighted by Gasteiger charge is 2.36. The number of hydrogen-bond acceptors (Lipinski definition) is 2. The number of fused-ring (bicyclic) bond motifs is 2. The standard InChI is InChI=1S/C13H22N2/c1-14-4-6-15(7-5-14)10-13-9-11-2-3-12(13)8-11/h2-3,11-13H,4-10H2,1H3. The van der Waals surface area contributed by atoms with Gasteiger partial charge in [0.2, 0.25) is 0 Å². The molecule has 2 heteroatoms. The summed E-state index contributed by atoms with van der Waals surface area (Å²) in [6.45, 7) is 6.45. The smallest absolute Gasteiger partial charge is 0.0110 e. The lowest BCUT2D eigenvalue weighted by atomic mass is 9.93. The molecule has 2 nitrogen and oxygen atoms in total. The summed E-state index contributed by atoms with van der Waals surface area (Å²) < 4.78 is 0. The molecule has 1 saturated heterocycles. The third-order valence-electron chi connectivity index (χ3n) is 4.50. The van der Waals surface area contributed by atoms with Gasteiger partial charge in [0.15, 0.2) is 0 Å². The van der Waals surface area contributed by atoms with E-state index in [0.29, 0.717) is 0 Å². The van der Waals surface area contributed by atoms with Crippen LogP contribution in [0.15, 0.2) is 12.2 Å². The van der Waals surface area contributed by atoms with Crippen LogP contribution in [0.2, 0.25) is 0 Å². The summed E-state index contributed by atoms with van der Waals surface area (Å²) in [4.78, 5) is 5.12. The topological polar surface area (TPSA) is 6.48 Å². The molecule has 1 aliphatic heterocycles. The summed E-state index contributed by atoms with van der Waals surface area (Å²) in [5.74, 6) is 2.84. The minimum absolute atomic E-state index is 0.926. The second kappa shape index (κ2) is 3.91. The highest BCUT2D eigenvalue weighted by Crippen LogP contribution is 2.43. The zero-order valence-electron chi connectivity index (χ0n) is 9.73. The Morgan fingerprint density at radius 3 is 2.47 bits per heavy atom. The van der Waals surface area contributed by atoms with Gasteiger partial charge in [-0.2, -0.15) is 0 Å². The molecule has 15 heavy (non-hydrogen) atoms. The Morgan fingerprint density at radius 2 is 1.87 bits per heavy atom. The number of allylic oxidation sites excluding steroid dienone is 2. The van der Waals surface area contributed by atoms with Gasteiger partial charge in [-0.25, -0.2) is 0 Å². The molecule has 3 rings (SSSR count). The molecule has 0 amide bonds. The van der Waals surface area contributed by atoms with E-state index in [1.165, 1.54) is 45.6 Å². The molecule has 0 radical (unpaired) electrons. The third-order valence-corrected chi connectivity index (χ3v) is 4.50. The monoisotopic (exact) mass is 206 g/mol. The Hall–Kier alpha value is -0.340. The summed E-state index contributed by atoms with van der Waals surface area (Å²) in [5, 5.41) is 0. The van der Waals surface area contributed by atoms with Crippen molar-refractivity contribution in [3.63, 3.8) is 0 Å². The quantitative estimate of drug-likeness (QED) is 0.631. The molecule has 3 aliphatic rings. The molecule has 3 atom stereocenters. The van der Waals surface area contributed by atoms with E-state index in [2.05, 4.69) is 29.0 Å². The maximum absolute atomic E-state index is 2.68.